The molecule has 0 saturated carbocycles. The highest BCUT2D eigenvalue weighted by molar-refractivity contribution is 6.33. The zero-order valence-corrected chi connectivity index (χ0v) is 15.0. The molecular formula is C19H14Cl2N2O3. The summed E-state index contributed by atoms with van der Waals surface area (Å²) in [6, 6.07) is 17.6. The van der Waals surface area contributed by atoms with Crippen LogP contribution in [0.5, 0.6) is 5.75 Å². The average Bonchev–Trinajstić information content (AvgIpc) is 3.10. The molecule has 3 rings (SSSR count). The minimum atomic E-state index is -0.394. The number of hydrogen-bond acceptors (Lipinski definition) is 4. The van der Waals surface area contributed by atoms with Crippen molar-refractivity contribution in [2.24, 2.45) is 5.10 Å². The van der Waals surface area contributed by atoms with Gasteiger partial charge in [0.2, 0.25) is 0 Å². The molecule has 1 amide bonds. The number of hydrazone groups is 1. The molecular weight excluding hydrogens is 375 g/mol. The number of carbonyl (C=O) groups excluding carboxylic acids is 1. The summed E-state index contributed by atoms with van der Waals surface area (Å²) in [5, 5.41) is 5.04. The van der Waals surface area contributed by atoms with Crippen molar-refractivity contribution in [3.05, 3.63) is 76.5 Å². The second kappa shape index (κ2) is 8.56. The highest BCUT2D eigenvalue weighted by Gasteiger charge is 2.07. The molecule has 0 aliphatic heterocycles. The lowest BCUT2D eigenvalue weighted by Crippen LogP contribution is -2.24. The molecule has 0 aliphatic carbocycles. The third-order valence-corrected chi connectivity index (χ3v) is 3.91. The molecule has 0 atom stereocenters. The first-order valence-electron chi connectivity index (χ1n) is 7.67. The second-order valence-electron chi connectivity index (χ2n) is 5.22. The van der Waals surface area contributed by atoms with Crippen LogP contribution in [0.25, 0.3) is 11.3 Å². The molecule has 0 aliphatic rings. The van der Waals surface area contributed by atoms with Crippen LogP contribution < -0.4 is 10.2 Å². The lowest BCUT2D eigenvalue weighted by Gasteiger charge is -2.04. The Labute approximate surface area is 160 Å². The van der Waals surface area contributed by atoms with Crippen LogP contribution in [0, 0.1) is 0 Å². The summed E-state index contributed by atoms with van der Waals surface area (Å²) in [7, 11) is 0. The van der Waals surface area contributed by atoms with Crippen LogP contribution in [-0.4, -0.2) is 18.7 Å². The van der Waals surface area contributed by atoms with E-state index < -0.39 is 5.91 Å². The van der Waals surface area contributed by atoms with Gasteiger partial charge in [-0.05, 0) is 48.5 Å². The monoisotopic (exact) mass is 388 g/mol. The van der Waals surface area contributed by atoms with Crippen LogP contribution in [0.15, 0.2) is 70.2 Å². The van der Waals surface area contributed by atoms with Gasteiger partial charge in [-0.3, -0.25) is 4.79 Å². The maximum absolute atomic E-state index is 11.7. The lowest BCUT2D eigenvalue weighted by molar-refractivity contribution is -0.123. The maximum Gasteiger partial charge on any atom is 0.277 e. The number of amides is 1. The summed E-state index contributed by atoms with van der Waals surface area (Å²) in [5.74, 6) is 1.26. The van der Waals surface area contributed by atoms with Crippen LogP contribution in [0.3, 0.4) is 0 Å². The summed E-state index contributed by atoms with van der Waals surface area (Å²) in [4.78, 5) is 11.7. The molecule has 1 N–H and O–H groups in total. The van der Waals surface area contributed by atoms with Gasteiger partial charge < -0.3 is 9.15 Å². The number of rotatable bonds is 6. The molecule has 2 aromatic carbocycles. The number of nitrogens with zero attached hydrogens (tertiary/aromatic N) is 1. The smallest absolute Gasteiger partial charge is 0.277 e. The Kier molecular flexibility index (Phi) is 5.94. The Bertz CT molecular complexity index is 921. The highest BCUT2D eigenvalue weighted by Crippen LogP contribution is 2.28. The molecule has 3 aromatic rings. The number of halogens is 2. The molecule has 0 spiro atoms. The Balaban J connectivity index is 1.51. The second-order valence-corrected chi connectivity index (χ2v) is 6.06. The molecule has 0 saturated heterocycles. The first-order valence-corrected chi connectivity index (χ1v) is 8.42. The molecule has 0 radical (unpaired) electrons. The highest BCUT2D eigenvalue weighted by atomic mass is 35.5. The predicted molar refractivity (Wildman–Crippen MR) is 102 cm³/mol. The first kappa shape index (κ1) is 18.0. The molecule has 0 fully saturated rings. The number of benzene rings is 2. The quantitative estimate of drug-likeness (QED) is 0.487. The van der Waals surface area contributed by atoms with Crippen molar-refractivity contribution >= 4 is 35.3 Å². The number of carbonyl (C=O) groups is 1. The first-order chi connectivity index (χ1) is 12.6. The summed E-state index contributed by atoms with van der Waals surface area (Å²) >= 11 is 11.9. The third-order valence-electron chi connectivity index (χ3n) is 3.33. The number of hydrogen-bond donors (Lipinski definition) is 1. The largest absolute Gasteiger partial charge is 0.484 e. The molecule has 5 nitrogen and oxygen atoms in total. The van der Waals surface area contributed by atoms with Crippen molar-refractivity contribution in [1.29, 1.82) is 0 Å². The fourth-order valence-corrected chi connectivity index (χ4v) is 2.46. The van der Waals surface area contributed by atoms with Crippen LogP contribution in [0.1, 0.15) is 5.76 Å². The van der Waals surface area contributed by atoms with Gasteiger partial charge >= 0.3 is 0 Å². The molecule has 7 heteroatoms. The fourth-order valence-electron chi connectivity index (χ4n) is 2.11. The van der Waals surface area contributed by atoms with Gasteiger partial charge in [-0.25, -0.2) is 5.43 Å². The van der Waals surface area contributed by atoms with Crippen molar-refractivity contribution in [2.45, 2.75) is 0 Å². The number of nitrogens with one attached hydrogen (secondary N) is 1. The summed E-state index contributed by atoms with van der Waals surface area (Å²) in [6.07, 6.45) is 1.40. The van der Waals surface area contributed by atoms with Gasteiger partial charge in [0.15, 0.2) is 6.61 Å². The van der Waals surface area contributed by atoms with Crippen molar-refractivity contribution in [1.82, 2.24) is 5.43 Å². The van der Waals surface area contributed by atoms with Gasteiger partial charge in [0, 0.05) is 10.6 Å². The van der Waals surface area contributed by atoms with E-state index in [4.69, 9.17) is 32.4 Å². The lowest BCUT2D eigenvalue weighted by atomic mass is 10.2. The third kappa shape index (κ3) is 4.88. The van der Waals surface area contributed by atoms with Gasteiger partial charge in [-0.1, -0.05) is 35.3 Å². The zero-order chi connectivity index (χ0) is 18.4. The summed E-state index contributed by atoms with van der Waals surface area (Å²) in [5.41, 5.74) is 3.15. The van der Waals surface area contributed by atoms with Crippen molar-refractivity contribution in [3.63, 3.8) is 0 Å². The number of furan rings is 1. The van der Waals surface area contributed by atoms with E-state index in [1.807, 2.05) is 18.2 Å². The van der Waals surface area contributed by atoms with Gasteiger partial charge in [-0.15, -0.1) is 0 Å². The Morgan fingerprint density at radius 3 is 2.62 bits per heavy atom. The maximum atomic E-state index is 11.7. The van der Waals surface area contributed by atoms with E-state index in [-0.39, 0.29) is 6.61 Å². The van der Waals surface area contributed by atoms with Crippen molar-refractivity contribution < 1.29 is 13.9 Å². The Hall–Kier alpha value is -2.76. The molecule has 1 aromatic heterocycles. The van der Waals surface area contributed by atoms with Crippen LogP contribution >= 0.6 is 23.2 Å². The molecule has 1 heterocycles. The van der Waals surface area contributed by atoms with E-state index in [2.05, 4.69) is 10.5 Å². The van der Waals surface area contributed by atoms with Gasteiger partial charge in [0.25, 0.3) is 5.91 Å². The zero-order valence-electron chi connectivity index (χ0n) is 13.5. The molecule has 26 heavy (non-hydrogen) atoms. The van der Waals surface area contributed by atoms with Crippen LogP contribution in [0.2, 0.25) is 10.0 Å². The minimum absolute atomic E-state index is 0.165. The van der Waals surface area contributed by atoms with E-state index in [1.165, 1.54) is 6.21 Å². The topological polar surface area (TPSA) is 63.8 Å². The Morgan fingerprint density at radius 1 is 1.08 bits per heavy atom. The summed E-state index contributed by atoms with van der Waals surface area (Å²) in [6.45, 7) is -0.165. The molecule has 132 valence electrons. The molecule has 0 unspecified atom stereocenters. The van der Waals surface area contributed by atoms with Crippen LogP contribution in [0.4, 0.5) is 0 Å². The average molecular weight is 389 g/mol. The van der Waals surface area contributed by atoms with E-state index >= 15 is 0 Å². The summed E-state index contributed by atoms with van der Waals surface area (Å²) < 4.78 is 11.0. The minimum Gasteiger partial charge on any atom is -0.484 e. The fraction of sp³-hybridized carbons (Fsp3) is 0.0526. The van der Waals surface area contributed by atoms with Crippen molar-refractivity contribution in [2.75, 3.05) is 6.61 Å². The molecule has 0 bridgehead atoms. The van der Waals surface area contributed by atoms with Gasteiger partial charge in [-0.2, -0.15) is 5.10 Å². The van der Waals surface area contributed by atoms with Gasteiger partial charge in [0.1, 0.15) is 17.3 Å². The van der Waals surface area contributed by atoms with E-state index in [9.17, 15) is 4.79 Å². The predicted octanol–water partition coefficient (Wildman–Crippen LogP) is 4.78. The SMILES string of the molecule is O=C(COc1ccc(Cl)cc1)N/N=C/c1ccc(-c2ccccc2Cl)o1. The number of ether oxygens (including phenoxy) is 1. The standard InChI is InChI=1S/C19H14Cl2N2O3/c20-13-5-7-14(8-6-13)25-12-19(24)23-22-11-15-9-10-18(26-15)16-3-1-2-4-17(16)21/h1-11H,12H2,(H,23,24)/b22-11+. The normalized spacial score (nSPS) is 10.8. The van der Waals surface area contributed by atoms with Gasteiger partial charge in [0.05, 0.1) is 11.2 Å². The van der Waals surface area contributed by atoms with E-state index in [0.717, 1.165) is 5.56 Å². The van der Waals surface area contributed by atoms with Crippen molar-refractivity contribution in [3.8, 4) is 17.1 Å². The van der Waals surface area contributed by atoms with Crippen LogP contribution in [-0.2, 0) is 4.79 Å². The van der Waals surface area contributed by atoms with E-state index in [0.29, 0.717) is 27.3 Å². The Morgan fingerprint density at radius 2 is 1.85 bits per heavy atom. The van der Waals surface area contributed by atoms with E-state index in [1.54, 1.807) is 42.5 Å².